The summed E-state index contributed by atoms with van der Waals surface area (Å²) in [6.45, 7) is 4.77. The fourth-order valence-corrected chi connectivity index (χ4v) is 4.38. The minimum absolute atomic E-state index is 0. The SMILES string of the molecule is C.CCOc1cc(/C=C/C(=O)Nc2ccccc2C(=O)O)ccc1OC.CCOc1ccc(/C=C/C(=O)Nc2ccccc2C(=O)O)cc1OC. The molecule has 0 atom stereocenters. The number of para-hydroxylation sites is 2. The maximum Gasteiger partial charge on any atom is 0.337 e. The standard InChI is InChI=1S/2C19H19NO5.CH4/c1-3-25-16-10-8-13(12-17(16)24-2)9-11-18(21)20-15-7-5-4-6-14(15)19(22)23;1-3-25-17-12-13(8-10-16(17)24-2)9-11-18(21)20-15-7-5-4-6-14(15)19(22)23;/h2*4-12H,3H2,1-2H3,(H,20,21)(H,22,23);1H4/b2*11-9+;. The van der Waals surface area contributed by atoms with Crippen LogP contribution in [0.5, 0.6) is 23.0 Å². The van der Waals surface area contributed by atoms with Crippen molar-refractivity contribution in [2.24, 2.45) is 0 Å². The number of aromatic carboxylic acids is 2. The van der Waals surface area contributed by atoms with E-state index < -0.39 is 23.8 Å². The summed E-state index contributed by atoms with van der Waals surface area (Å²) in [5.74, 6) is -0.665. The lowest BCUT2D eigenvalue weighted by Gasteiger charge is -2.09. The van der Waals surface area contributed by atoms with Gasteiger partial charge in [0.05, 0.1) is 49.9 Å². The quantitative estimate of drug-likeness (QED) is 0.0966. The Bertz CT molecular complexity index is 1870. The van der Waals surface area contributed by atoms with E-state index in [0.717, 1.165) is 11.1 Å². The molecule has 4 N–H and O–H groups in total. The van der Waals surface area contributed by atoms with Gasteiger partial charge >= 0.3 is 11.9 Å². The van der Waals surface area contributed by atoms with Crippen LogP contribution in [-0.4, -0.2) is 61.4 Å². The number of rotatable bonds is 14. The Morgan fingerprint density at radius 1 is 0.588 bits per heavy atom. The van der Waals surface area contributed by atoms with Crippen molar-refractivity contribution in [1.82, 2.24) is 0 Å². The second kappa shape index (κ2) is 20.7. The van der Waals surface area contributed by atoms with Gasteiger partial charge in [-0.05, 0) is 85.7 Å². The van der Waals surface area contributed by atoms with Gasteiger partial charge in [-0.15, -0.1) is 0 Å². The Hall–Kier alpha value is -6.56. The fraction of sp³-hybridized carbons (Fsp3) is 0.179. The molecule has 268 valence electrons. The van der Waals surface area contributed by atoms with E-state index in [1.54, 1.807) is 87.0 Å². The highest BCUT2D eigenvalue weighted by atomic mass is 16.5. The Morgan fingerprint density at radius 3 is 1.43 bits per heavy atom. The molecular formula is C39H42N2O10. The number of carboxylic acid groups (broad SMARTS) is 2. The van der Waals surface area contributed by atoms with Gasteiger partial charge in [-0.25, -0.2) is 9.59 Å². The van der Waals surface area contributed by atoms with Crippen LogP contribution in [-0.2, 0) is 9.59 Å². The van der Waals surface area contributed by atoms with Gasteiger partial charge in [0, 0.05) is 12.2 Å². The number of amides is 2. The molecule has 0 aromatic heterocycles. The van der Waals surface area contributed by atoms with E-state index in [0.29, 0.717) is 36.2 Å². The monoisotopic (exact) mass is 698 g/mol. The smallest absolute Gasteiger partial charge is 0.337 e. The molecule has 0 unspecified atom stereocenters. The third-order valence-electron chi connectivity index (χ3n) is 6.66. The van der Waals surface area contributed by atoms with Crippen LogP contribution in [0.1, 0.15) is 53.1 Å². The molecule has 0 fully saturated rings. The first-order valence-corrected chi connectivity index (χ1v) is 15.3. The molecule has 51 heavy (non-hydrogen) atoms. The van der Waals surface area contributed by atoms with Gasteiger partial charge in [-0.1, -0.05) is 43.8 Å². The van der Waals surface area contributed by atoms with Crippen molar-refractivity contribution in [3.8, 4) is 23.0 Å². The third-order valence-corrected chi connectivity index (χ3v) is 6.66. The molecule has 0 aliphatic heterocycles. The first kappa shape index (κ1) is 40.6. The number of benzene rings is 4. The first-order valence-electron chi connectivity index (χ1n) is 15.3. The van der Waals surface area contributed by atoms with E-state index >= 15 is 0 Å². The topological polar surface area (TPSA) is 170 Å². The number of methoxy groups -OCH3 is 2. The lowest BCUT2D eigenvalue weighted by molar-refractivity contribution is -0.112. The maximum atomic E-state index is 12.0. The van der Waals surface area contributed by atoms with Crippen molar-refractivity contribution in [3.05, 3.63) is 119 Å². The molecule has 12 heteroatoms. The highest BCUT2D eigenvalue weighted by Crippen LogP contribution is 2.29. The second-order valence-corrected chi connectivity index (χ2v) is 10.0. The van der Waals surface area contributed by atoms with E-state index in [-0.39, 0.29) is 29.9 Å². The van der Waals surface area contributed by atoms with Crippen molar-refractivity contribution in [3.63, 3.8) is 0 Å². The summed E-state index contributed by atoms with van der Waals surface area (Å²) in [4.78, 5) is 46.4. The zero-order valence-electron chi connectivity index (χ0n) is 28.0. The van der Waals surface area contributed by atoms with E-state index in [1.165, 1.54) is 36.4 Å². The van der Waals surface area contributed by atoms with Crippen molar-refractivity contribution < 1.29 is 48.3 Å². The molecule has 4 aromatic rings. The van der Waals surface area contributed by atoms with Crippen LogP contribution < -0.4 is 29.6 Å². The van der Waals surface area contributed by atoms with Crippen LogP contribution in [0.15, 0.2) is 97.1 Å². The number of anilines is 2. The molecule has 4 rings (SSSR count). The molecule has 0 radical (unpaired) electrons. The van der Waals surface area contributed by atoms with Gasteiger partial charge in [0.25, 0.3) is 0 Å². The van der Waals surface area contributed by atoms with Crippen molar-refractivity contribution in [2.45, 2.75) is 21.3 Å². The molecule has 0 aliphatic carbocycles. The average molecular weight is 699 g/mol. The maximum absolute atomic E-state index is 12.0. The van der Waals surface area contributed by atoms with E-state index in [1.807, 2.05) is 13.8 Å². The minimum atomic E-state index is -1.10. The van der Waals surface area contributed by atoms with Gasteiger partial charge in [-0.2, -0.15) is 0 Å². The van der Waals surface area contributed by atoms with Crippen molar-refractivity contribution in [1.29, 1.82) is 0 Å². The number of carbonyl (C=O) groups is 4. The molecule has 12 nitrogen and oxygen atoms in total. The van der Waals surface area contributed by atoms with Crippen molar-refractivity contribution in [2.75, 3.05) is 38.1 Å². The second-order valence-electron chi connectivity index (χ2n) is 10.0. The van der Waals surface area contributed by atoms with E-state index in [9.17, 15) is 19.2 Å². The molecule has 4 aromatic carbocycles. The lowest BCUT2D eigenvalue weighted by Crippen LogP contribution is -2.11. The van der Waals surface area contributed by atoms with Crippen molar-refractivity contribution >= 4 is 47.3 Å². The van der Waals surface area contributed by atoms with Gasteiger partial charge < -0.3 is 39.8 Å². The summed E-state index contributed by atoms with van der Waals surface area (Å²) < 4.78 is 21.4. The molecule has 0 aliphatic rings. The number of ether oxygens (including phenoxy) is 4. The summed E-state index contributed by atoms with van der Waals surface area (Å²) in [7, 11) is 3.10. The predicted molar refractivity (Wildman–Crippen MR) is 197 cm³/mol. The highest BCUT2D eigenvalue weighted by Gasteiger charge is 2.12. The lowest BCUT2D eigenvalue weighted by atomic mass is 10.1. The molecule has 0 saturated heterocycles. The Labute approximate surface area is 296 Å². The van der Waals surface area contributed by atoms with Gasteiger partial charge in [-0.3, -0.25) is 9.59 Å². The zero-order valence-corrected chi connectivity index (χ0v) is 28.0. The van der Waals surface area contributed by atoms with Gasteiger partial charge in [0.1, 0.15) is 0 Å². The summed E-state index contributed by atoms with van der Waals surface area (Å²) in [5.41, 5.74) is 2.07. The normalized spacial score (nSPS) is 10.3. The molecular weight excluding hydrogens is 656 g/mol. The zero-order chi connectivity index (χ0) is 36.5. The van der Waals surface area contributed by atoms with Gasteiger partial charge in [0.15, 0.2) is 23.0 Å². The molecule has 0 heterocycles. The highest BCUT2D eigenvalue weighted by molar-refractivity contribution is 6.07. The third kappa shape index (κ3) is 12.4. The van der Waals surface area contributed by atoms with Crippen LogP contribution >= 0.6 is 0 Å². The van der Waals surface area contributed by atoms with Crippen LogP contribution in [0.25, 0.3) is 12.2 Å². The van der Waals surface area contributed by atoms with E-state index in [2.05, 4.69) is 10.6 Å². The van der Waals surface area contributed by atoms with E-state index in [4.69, 9.17) is 29.2 Å². The Kier molecular flexibility index (Phi) is 16.5. The summed E-state index contributed by atoms with van der Waals surface area (Å²) in [6.07, 6.45) is 5.88. The first-order chi connectivity index (χ1) is 24.1. The average Bonchev–Trinajstić information content (AvgIpc) is 3.11. The number of hydrogen-bond donors (Lipinski definition) is 4. The van der Waals surface area contributed by atoms with Crippen LogP contribution in [0.4, 0.5) is 11.4 Å². The molecule has 0 saturated carbocycles. The number of hydrogen-bond acceptors (Lipinski definition) is 8. The molecule has 0 spiro atoms. The predicted octanol–water partition coefficient (Wildman–Crippen LogP) is 7.52. The fourth-order valence-electron chi connectivity index (χ4n) is 4.38. The number of nitrogens with one attached hydrogen (secondary N) is 2. The minimum Gasteiger partial charge on any atom is -0.493 e. The molecule has 0 bridgehead atoms. The van der Waals surface area contributed by atoms with Gasteiger partial charge in [0.2, 0.25) is 11.8 Å². The summed E-state index contributed by atoms with van der Waals surface area (Å²) in [6, 6.07) is 23.1. The van der Waals surface area contributed by atoms with Crippen LogP contribution in [0, 0.1) is 0 Å². The van der Waals surface area contributed by atoms with Crippen LogP contribution in [0.2, 0.25) is 0 Å². The Morgan fingerprint density at radius 2 is 1.00 bits per heavy atom. The number of carboxylic acids is 2. The Balaban J connectivity index is 0.000000347. The number of carbonyl (C=O) groups excluding carboxylic acids is 2. The molecule has 2 amide bonds. The summed E-state index contributed by atoms with van der Waals surface area (Å²) in [5, 5.41) is 23.4. The largest absolute Gasteiger partial charge is 0.493 e. The summed E-state index contributed by atoms with van der Waals surface area (Å²) >= 11 is 0. The van der Waals surface area contributed by atoms with Crippen LogP contribution in [0.3, 0.4) is 0 Å².